The van der Waals surface area contributed by atoms with Gasteiger partial charge in [-0.25, -0.2) is 4.39 Å². The van der Waals surface area contributed by atoms with Gasteiger partial charge in [-0.15, -0.1) is 0 Å². The summed E-state index contributed by atoms with van der Waals surface area (Å²) in [6, 6.07) is 16.8. The van der Waals surface area contributed by atoms with E-state index in [1.807, 2.05) is 23.1 Å². The summed E-state index contributed by atoms with van der Waals surface area (Å²) in [5, 5.41) is 3.35. The van der Waals surface area contributed by atoms with Gasteiger partial charge in [-0.1, -0.05) is 48.5 Å². The fourth-order valence-corrected chi connectivity index (χ4v) is 3.06. The Labute approximate surface area is 136 Å². The third kappa shape index (κ3) is 3.77. The number of carbonyl (C=O) groups is 1. The molecule has 2 aromatic carbocycles. The van der Waals surface area contributed by atoms with Gasteiger partial charge in [0.25, 0.3) is 0 Å². The molecular weight excluding hydrogens is 291 g/mol. The molecule has 23 heavy (non-hydrogen) atoms. The van der Waals surface area contributed by atoms with Crippen molar-refractivity contribution < 1.29 is 9.18 Å². The van der Waals surface area contributed by atoms with Crippen molar-refractivity contribution in [2.45, 2.75) is 18.9 Å². The van der Waals surface area contributed by atoms with Crippen LogP contribution in [0.3, 0.4) is 0 Å². The van der Waals surface area contributed by atoms with Crippen LogP contribution in [-0.4, -0.2) is 30.4 Å². The number of nitrogens with one attached hydrogen (secondary N) is 1. The zero-order chi connectivity index (χ0) is 16.1. The molecule has 0 aromatic heterocycles. The van der Waals surface area contributed by atoms with Gasteiger partial charge in [-0.3, -0.25) is 4.79 Å². The second-order valence-electron chi connectivity index (χ2n) is 5.81. The van der Waals surface area contributed by atoms with Crippen LogP contribution in [0.1, 0.15) is 23.6 Å². The van der Waals surface area contributed by atoms with E-state index in [0.717, 1.165) is 18.7 Å². The van der Waals surface area contributed by atoms with Crippen LogP contribution >= 0.6 is 0 Å². The Bertz CT molecular complexity index is 659. The summed E-state index contributed by atoms with van der Waals surface area (Å²) in [6.07, 6.45) is 0.779. The lowest BCUT2D eigenvalue weighted by molar-refractivity contribution is -0.134. The molecule has 120 valence electrons. The maximum absolute atomic E-state index is 13.7. The molecule has 1 amide bonds. The van der Waals surface area contributed by atoms with E-state index in [0.29, 0.717) is 24.9 Å². The number of hydrogen-bond donors (Lipinski definition) is 1. The maximum atomic E-state index is 13.7. The molecule has 3 rings (SSSR count). The van der Waals surface area contributed by atoms with Crippen molar-refractivity contribution >= 4 is 5.91 Å². The molecule has 0 unspecified atom stereocenters. The summed E-state index contributed by atoms with van der Waals surface area (Å²) in [4.78, 5) is 14.6. The number of nitrogens with zero attached hydrogens (tertiary/aromatic N) is 1. The van der Waals surface area contributed by atoms with Crippen LogP contribution in [0.4, 0.5) is 4.39 Å². The van der Waals surface area contributed by atoms with Crippen molar-refractivity contribution in [1.82, 2.24) is 10.2 Å². The van der Waals surface area contributed by atoms with Crippen LogP contribution in [0.5, 0.6) is 0 Å². The molecule has 0 saturated carbocycles. The fraction of sp³-hybridized carbons (Fsp3) is 0.316. The molecule has 0 radical (unpaired) electrons. The van der Waals surface area contributed by atoms with Crippen molar-refractivity contribution in [3.05, 3.63) is 71.5 Å². The van der Waals surface area contributed by atoms with E-state index < -0.39 is 0 Å². The predicted molar refractivity (Wildman–Crippen MR) is 88.5 cm³/mol. The minimum atomic E-state index is -0.236. The quantitative estimate of drug-likeness (QED) is 0.941. The zero-order valence-corrected chi connectivity index (χ0v) is 13.0. The zero-order valence-electron chi connectivity index (χ0n) is 13.0. The first-order chi connectivity index (χ1) is 11.3. The number of hydrogen-bond acceptors (Lipinski definition) is 2. The van der Waals surface area contributed by atoms with Crippen molar-refractivity contribution in [2.24, 2.45) is 0 Å². The van der Waals surface area contributed by atoms with Crippen molar-refractivity contribution in [2.75, 3.05) is 19.6 Å². The molecular formula is C19H21FN2O. The molecule has 2 aromatic rings. The number of carbonyl (C=O) groups excluding carboxylic acids is 1. The molecule has 1 N–H and O–H groups in total. The highest BCUT2D eigenvalue weighted by molar-refractivity contribution is 5.77. The van der Waals surface area contributed by atoms with Crippen LogP contribution in [0.25, 0.3) is 0 Å². The summed E-state index contributed by atoms with van der Waals surface area (Å²) < 4.78 is 13.7. The van der Waals surface area contributed by atoms with Crippen LogP contribution in [0, 0.1) is 5.82 Å². The largest absolute Gasteiger partial charge is 0.333 e. The van der Waals surface area contributed by atoms with Crippen molar-refractivity contribution in [1.29, 1.82) is 0 Å². The highest BCUT2D eigenvalue weighted by atomic mass is 19.1. The van der Waals surface area contributed by atoms with Crippen LogP contribution in [0.2, 0.25) is 0 Å². The van der Waals surface area contributed by atoms with Gasteiger partial charge in [0.2, 0.25) is 5.91 Å². The van der Waals surface area contributed by atoms with Gasteiger partial charge in [0.1, 0.15) is 5.82 Å². The highest BCUT2D eigenvalue weighted by Gasteiger charge is 2.27. The van der Waals surface area contributed by atoms with Gasteiger partial charge in [-0.2, -0.15) is 0 Å². The lowest BCUT2D eigenvalue weighted by Gasteiger charge is -2.36. The molecule has 0 bridgehead atoms. The normalized spacial score (nSPS) is 18.0. The van der Waals surface area contributed by atoms with Gasteiger partial charge >= 0.3 is 0 Å². The van der Waals surface area contributed by atoms with E-state index in [4.69, 9.17) is 0 Å². The first-order valence-corrected chi connectivity index (χ1v) is 8.04. The van der Waals surface area contributed by atoms with Crippen LogP contribution in [0.15, 0.2) is 54.6 Å². The number of halogens is 1. The lowest BCUT2D eigenvalue weighted by atomic mass is 10.0. The van der Waals surface area contributed by atoms with Crippen LogP contribution in [-0.2, 0) is 11.2 Å². The van der Waals surface area contributed by atoms with Crippen molar-refractivity contribution in [3.8, 4) is 0 Å². The SMILES string of the molecule is O=C(CCc1ccccc1F)N1CCNC[C@@H]1c1ccccc1. The third-order valence-corrected chi connectivity index (χ3v) is 4.31. The number of piperazine rings is 1. The number of rotatable bonds is 4. The molecule has 1 fully saturated rings. The lowest BCUT2D eigenvalue weighted by Crippen LogP contribution is -2.48. The fourth-order valence-electron chi connectivity index (χ4n) is 3.06. The first-order valence-electron chi connectivity index (χ1n) is 8.04. The molecule has 1 atom stereocenters. The summed E-state index contributed by atoms with van der Waals surface area (Å²) in [7, 11) is 0. The molecule has 3 nitrogen and oxygen atoms in total. The predicted octanol–water partition coefficient (Wildman–Crippen LogP) is 2.93. The van der Waals surface area contributed by atoms with Gasteiger partial charge in [0, 0.05) is 26.1 Å². The van der Waals surface area contributed by atoms with Crippen LogP contribution < -0.4 is 5.32 Å². The monoisotopic (exact) mass is 312 g/mol. The number of aryl methyl sites for hydroxylation is 1. The summed E-state index contributed by atoms with van der Waals surface area (Å²) in [6.45, 7) is 2.25. The topological polar surface area (TPSA) is 32.3 Å². The third-order valence-electron chi connectivity index (χ3n) is 4.31. The summed E-state index contributed by atoms with van der Waals surface area (Å²) >= 11 is 0. The van der Waals surface area contributed by atoms with E-state index in [2.05, 4.69) is 17.4 Å². The summed E-state index contributed by atoms with van der Waals surface area (Å²) in [5.74, 6) is -0.149. The van der Waals surface area contributed by atoms with Gasteiger partial charge in [0.15, 0.2) is 0 Å². The first kappa shape index (κ1) is 15.7. The Morgan fingerprint density at radius 3 is 2.65 bits per heavy atom. The Balaban J connectivity index is 1.68. The second-order valence-corrected chi connectivity index (χ2v) is 5.81. The smallest absolute Gasteiger partial charge is 0.223 e. The van der Waals surface area contributed by atoms with E-state index in [1.54, 1.807) is 18.2 Å². The Hall–Kier alpha value is -2.20. The molecule has 1 heterocycles. The molecule has 1 aliphatic heterocycles. The average Bonchev–Trinajstić information content (AvgIpc) is 2.61. The highest BCUT2D eigenvalue weighted by Crippen LogP contribution is 2.23. The van der Waals surface area contributed by atoms with Gasteiger partial charge < -0.3 is 10.2 Å². The average molecular weight is 312 g/mol. The number of benzene rings is 2. The Kier molecular flexibility index (Phi) is 5.03. The Morgan fingerprint density at radius 2 is 1.87 bits per heavy atom. The standard InChI is InChI=1S/C19H21FN2O/c20-17-9-5-4-6-15(17)10-11-19(23)22-13-12-21-14-18(22)16-7-2-1-3-8-16/h1-9,18,21H,10-14H2/t18-/m1/s1. The second kappa shape index (κ2) is 7.38. The van der Waals surface area contributed by atoms with Gasteiger partial charge in [0.05, 0.1) is 6.04 Å². The molecule has 0 aliphatic carbocycles. The maximum Gasteiger partial charge on any atom is 0.223 e. The van der Waals surface area contributed by atoms with E-state index in [-0.39, 0.29) is 17.8 Å². The van der Waals surface area contributed by atoms with E-state index in [9.17, 15) is 9.18 Å². The molecule has 0 spiro atoms. The van der Waals surface area contributed by atoms with E-state index in [1.165, 1.54) is 6.07 Å². The van der Waals surface area contributed by atoms with Gasteiger partial charge in [-0.05, 0) is 23.6 Å². The molecule has 1 aliphatic rings. The molecule has 4 heteroatoms. The summed E-state index contributed by atoms with van der Waals surface area (Å²) in [5.41, 5.74) is 1.74. The number of amides is 1. The minimum absolute atomic E-state index is 0.0538. The Morgan fingerprint density at radius 1 is 1.13 bits per heavy atom. The van der Waals surface area contributed by atoms with E-state index >= 15 is 0 Å². The minimum Gasteiger partial charge on any atom is -0.333 e. The van der Waals surface area contributed by atoms with Crippen molar-refractivity contribution in [3.63, 3.8) is 0 Å². The molecule has 1 saturated heterocycles.